The highest BCUT2D eigenvalue weighted by atomic mass is 32.1. The van der Waals surface area contributed by atoms with Crippen LogP contribution < -0.4 is 15.5 Å². The molecule has 0 radical (unpaired) electrons. The van der Waals surface area contributed by atoms with Gasteiger partial charge in [-0.25, -0.2) is 4.39 Å². The van der Waals surface area contributed by atoms with Crippen molar-refractivity contribution in [2.45, 2.75) is 25.9 Å². The van der Waals surface area contributed by atoms with E-state index in [1.54, 1.807) is 11.3 Å². The number of thiocarbonyl (C=S) groups is 1. The van der Waals surface area contributed by atoms with Crippen molar-refractivity contribution in [2.75, 3.05) is 36.4 Å². The fourth-order valence-electron chi connectivity index (χ4n) is 4.27. The van der Waals surface area contributed by atoms with Crippen LogP contribution in [0.1, 0.15) is 23.4 Å². The average molecular weight is 469 g/mol. The van der Waals surface area contributed by atoms with Crippen LogP contribution in [0.2, 0.25) is 0 Å². The summed E-state index contributed by atoms with van der Waals surface area (Å²) in [6.07, 6.45) is 0. The van der Waals surface area contributed by atoms with Gasteiger partial charge < -0.3 is 15.5 Å². The number of nitrogens with zero attached hydrogens (tertiary/aromatic N) is 2. The molecule has 0 bridgehead atoms. The summed E-state index contributed by atoms with van der Waals surface area (Å²) in [6.45, 7) is 7.96. The summed E-state index contributed by atoms with van der Waals surface area (Å²) in [7, 11) is 0. The molecule has 7 heteroatoms. The van der Waals surface area contributed by atoms with Gasteiger partial charge in [0.25, 0.3) is 0 Å². The van der Waals surface area contributed by atoms with Gasteiger partial charge in [0.1, 0.15) is 5.82 Å². The van der Waals surface area contributed by atoms with Crippen molar-refractivity contribution in [2.24, 2.45) is 0 Å². The van der Waals surface area contributed by atoms with Crippen molar-refractivity contribution in [1.82, 2.24) is 10.2 Å². The molecule has 0 saturated carbocycles. The topological polar surface area (TPSA) is 30.5 Å². The van der Waals surface area contributed by atoms with E-state index in [9.17, 15) is 4.39 Å². The third-order valence-electron chi connectivity index (χ3n) is 5.96. The van der Waals surface area contributed by atoms with Crippen molar-refractivity contribution in [3.8, 4) is 0 Å². The molecule has 4 rings (SSSR count). The molecular formula is C25H29FN4S2. The molecule has 4 nitrogen and oxygen atoms in total. The van der Waals surface area contributed by atoms with E-state index in [4.69, 9.17) is 12.2 Å². The van der Waals surface area contributed by atoms with Crippen LogP contribution in [-0.4, -0.2) is 42.2 Å². The summed E-state index contributed by atoms with van der Waals surface area (Å²) in [4.78, 5) is 6.18. The second kappa shape index (κ2) is 10.4. The molecule has 1 aromatic heterocycles. The SMILES string of the molecule is Cc1ccccc1NC(=S)N[C@H](C)[C@@H](c1cccs1)N1CCN(c2ccc(F)cc2)CC1. The molecule has 2 aromatic carbocycles. The second-order valence-corrected chi connectivity index (χ2v) is 9.55. The number of halogens is 1. The Morgan fingerprint density at radius 2 is 1.72 bits per heavy atom. The van der Waals surface area contributed by atoms with Crippen molar-refractivity contribution < 1.29 is 4.39 Å². The van der Waals surface area contributed by atoms with Crippen molar-refractivity contribution in [3.63, 3.8) is 0 Å². The predicted octanol–water partition coefficient (Wildman–Crippen LogP) is 5.43. The minimum absolute atomic E-state index is 0.134. The molecule has 168 valence electrons. The van der Waals surface area contributed by atoms with Gasteiger partial charge in [-0.1, -0.05) is 24.3 Å². The van der Waals surface area contributed by atoms with Crippen LogP contribution in [0.15, 0.2) is 66.0 Å². The third-order valence-corrected chi connectivity index (χ3v) is 7.12. The highest BCUT2D eigenvalue weighted by molar-refractivity contribution is 7.80. The van der Waals surface area contributed by atoms with Crippen LogP contribution in [0.4, 0.5) is 15.8 Å². The Hall–Kier alpha value is -2.48. The first-order valence-corrected chi connectivity index (χ1v) is 12.2. The van der Waals surface area contributed by atoms with E-state index < -0.39 is 0 Å². The number of aryl methyl sites for hydroxylation is 1. The third kappa shape index (κ3) is 5.46. The van der Waals surface area contributed by atoms with E-state index in [1.165, 1.54) is 17.0 Å². The van der Waals surface area contributed by atoms with Crippen LogP contribution in [0.5, 0.6) is 0 Å². The molecule has 1 fully saturated rings. The van der Waals surface area contributed by atoms with Gasteiger partial charge in [0.15, 0.2) is 5.11 Å². The quantitative estimate of drug-likeness (QED) is 0.471. The Morgan fingerprint density at radius 3 is 2.38 bits per heavy atom. The van der Waals surface area contributed by atoms with Crippen LogP contribution >= 0.6 is 23.6 Å². The molecule has 1 saturated heterocycles. The molecule has 0 unspecified atom stereocenters. The molecule has 32 heavy (non-hydrogen) atoms. The first-order chi connectivity index (χ1) is 15.5. The zero-order valence-corrected chi connectivity index (χ0v) is 20.1. The van der Waals surface area contributed by atoms with E-state index in [1.807, 2.05) is 30.3 Å². The summed E-state index contributed by atoms with van der Waals surface area (Å²) in [5.41, 5.74) is 3.27. The first-order valence-electron chi connectivity index (χ1n) is 10.9. The van der Waals surface area contributed by atoms with Gasteiger partial charge in [-0.3, -0.25) is 4.90 Å². The summed E-state index contributed by atoms with van der Waals surface area (Å²) >= 11 is 7.42. The Bertz CT molecular complexity index is 1010. The van der Waals surface area contributed by atoms with Gasteiger partial charge in [-0.2, -0.15) is 0 Å². The number of piperazine rings is 1. The average Bonchev–Trinajstić information content (AvgIpc) is 3.31. The lowest BCUT2D eigenvalue weighted by Gasteiger charge is -2.42. The number of hydrogen-bond donors (Lipinski definition) is 2. The molecule has 1 aliphatic heterocycles. The summed E-state index contributed by atoms with van der Waals surface area (Å²) in [5, 5.41) is 9.63. The van der Waals surface area contributed by atoms with Crippen LogP contribution in [0.25, 0.3) is 0 Å². The van der Waals surface area contributed by atoms with Gasteiger partial charge in [0.2, 0.25) is 0 Å². The fraction of sp³-hybridized carbons (Fsp3) is 0.320. The minimum Gasteiger partial charge on any atom is -0.369 e. The van der Waals surface area contributed by atoms with Gasteiger partial charge >= 0.3 is 0 Å². The zero-order chi connectivity index (χ0) is 22.5. The Kier molecular flexibility index (Phi) is 7.40. The molecule has 1 aliphatic rings. The van der Waals surface area contributed by atoms with Gasteiger partial charge in [0.05, 0.1) is 6.04 Å². The number of benzene rings is 2. The summed E-state index contributed by atoms with van der Waals surface area (Å²) < 4.78 is 13.3. The highest BCUT2D eigenvalue weighted by Gasteiger charge is 2.30. The number of anilines is 2. The fourth-order valence-corrected chi connectivity index (χ4v) is 5.53. The van der Waals surface area contributed by atoms with E-state index in [-0.39, 0.29) is 17.9 Å². The summed E-state index contributed by atoms with van der Waals surface area (Å²) in [6, 6.07) is 19.6. The molecule has 3 aromatic rings. The van der Waals surface area contributed by atoms with E-state index in [0.29, 0.717) is 5.11 Å². The zero-order valence-electron chi connectivity index (χ0n) is 18.4. The standard InChI is InChI=1S/C25H29FN4S2/c1-18-6-3-4-7-22(18)28-25(31)27-19(2)24(23-8-5-17-32-23)30-15-13-29(14-16-30)21-11-9-20(26)10-12-21/h3-12,17,19,24H,13-16H2,1-2H3,(H2,27,28,31)/t19-,24+/m1/s1. The van der Waals surface area contributed by atoms with Gasteiger partial charge in [-0.05, 0) is 73.4 Å². The lowest BCUT2D eigenvalue weighted by Crippen LogP contribution is -2.52. The smallest absolute Gasteiger partial charge is 0.171 e. The van der Waals surface area contributed by atoms with Crippen molar-refractivity contribution >= 4 is 40.0 Å². The molecule has 2 heterocycles. The number of rotatable bonds is 6. The number of hydrogen-bond acceptors (Lipinski definition) is 4. The number of nitrogens with one attached hydrogen (secondary N) is 2. The van der Waals surface area contributed by atoms with Gasteiger partial charge in [0, 0.05) is 48.5 Å². The molecule has 0 amide bonds. The maximum Gasteiger partial charge on any atom is 0.171 e. The normalized spacial score (nSPS) is 16.4. The maximum atomic E-state index is 13.3. The summed E-state index contributed by atoms with van der Waals surface area (Å²) in [5.74, 6) is -0.194. The van der Waals surface area contributed by atoms with Crippen LogP contribution in [0, 0.1) is 12.7 Å². The lowest BCUT2D eigenvalue weighted by molar-refractivity contribution is 0.163. The molecule has 2 atom stereocenters. The molecule has 0 spiro atoms. The van der Waals surface area contributed by atoms with Crippen molar-refractivity contribution in [3.05, 3.63) is 82.3 Å². The minimum atomic E-state index is -0.194. The monoisotopic (exact) mass is 468 g/mol. The molecular weight excluding hydrogens is 439 g/mol. The highest BCUT2D eigenvalue weighted by Crippen LogP contribution is 2.30. The van der Waals surface area contributed by atoms with Crippen molar-refractivity contribution in [1.29, 1.82) is 0 Å². The Balaban J connectivity index is 1.42. The number of para-hydroxylation sites is 1. The van der Waals surface area contributed by atoms with E-state index >= 15 is 0 Å². The Labute approximate surface area is 199 Å². The largest absolute Gasteiger partial charge is 0.369 e. The lowest BCUT2D eigenvalue weighted by atomic mass is 10.0. The Morgan fingerprint density at radius 1 is 1.00 bits per heavy atom. The molecule has 0 aliphatic carbocycles. The van der Waals surface area contributed by atoms with Gasteiger partial charge in [-0.15, -0.1) is 11.3 Å². The predicted molar refractivity (Wildman–Crippen MR) is 137 cm³/mol. The maximum absolute atomic E-state index is 13.3. The van der Waals surface area contributed by atoms with E-state index in [2.05, 4.69) is 57.9 Å². The second-order valence-electron chi connectivity index (χ2n) is 8.16. The van der Waals surface area contributed by atoms with Crippen LogP contribution in [0.3, 0.4) is 0 Å². The number of thiophene rings is 1. The van der Waals surface area contributed by atoms with Crippen LogP contribution in [-0.2, 0) is 0 Å². The molecule has 2 N–H and O–H groups in total. The van der Waals surface area contributed by atoms with E-state index in [0.717, 1.165) is 43.1 Å². The first kappa shape index (κ1) is 22.7.